The Morgan fingerprint density at radius 1 is 1.28 bits per heavy atom. The molecule has 100 valence electrons. The van der Waals surface area contributed by atoms with Crippen LogP contribution in [0, 0.1) is 0 Å². The van der Waals surface area contributed by atoms with E-state index in [9.17, 15) is 12.9 Å². The van der Waals surface area contributed by atoms with Gasteiger partial charge in [-0.2, -0.15) is 0 Å². The standard InChI is InChI=1S/C12H15BF3O2/c14-13(15,16)10-4-3-6-11(8-10)18-9-12-5-1-2-7-17-12/h3-4,6,8,12H,1-2,5,7,9H2/q-1. The Kier molecular flexibility index (Phi) is 4.17. The molecule has 1 aromatic rings. The topological polar surface area (TPSA) is 18.5 Å². The van der Waals surface area contributed by atoms with Gasteiger partial charge in [0.05, 0.1) is 6.10 Å². The Labute approximate surface area is 104 Å². The van der Waals surface area contributed by atoms with Crippen LogP contribution in [0.25, 0.3) is 0 Å². The van der Waals surface area contributed by atoms with Crippen LogP contribution in [0.4, 0.5) is 12.9 Å². The van der Waals surface area contributed by atoms with Crippen LogP contribution in [0.5, 0.6) is 5.75 Å². The largest absolute Gasteiger partial charge is 0.509 e. The SMILES string of the molecule is F[B-](F)(F)c1cccc(OCC2CCCCO2)c1. The summed E-state index contributed by atoms with van der Waals surface area (Å²) in [4.78, 5) is 0. The molecule has 1 fully saturated rings. The van der Waals surface area contributed by atoms with Crippen molar-refractivity contribution in [1.29, 1.82) is 0 Å². The van der Waals surface area contributed by atoms with Crippen molar-refractivity contribution in [2.24, 2.45) is 0 Å². The highest BCUT2D eigenvalue weighted by molar-refractivity contribution is 6.73. The van der Waals surface area contributed by atoms with Crippen molar-refractivity contribution in [2.45, 2.75) is 25.4 Å². The van der Waals surface area contributed by atoms with Gasteiger partial charge in [-0.25, -0.2) is 0 Å². The average Bonchev–Trinajstić information content (AvgIpc) is 2.37. The van der Waals surface area contributed by atoms with Crippen LogP contribution in [0.1, 0.15) is 19.3 Å². The van der Waals surface area contributed by atoms with Crippen molar-refractivity contribution >= 4 is 12.4 Å². The molecule has 1 aromatic carbocycles. The number of ether oxygens (including phenoxy) is 2. The zero-order valence-electron chi connectivity index (χ0n) is 9.95. The van der Waals surface area contributed by atoms with E-state index < -0.39 is 12.4 Å². The molecule has 1 aliphatic rings. The fourth-order valence-electron chi connectivity index (χ4n) is 1.94. The lowest BCUT2D eigenvalue weighted by Gasteiger charge is -2.23. The summed E-state index contributed by atoms with van der Waals surface area (Å²) in [6.45, 7) is -3.95. The zero-order chi connectivity index (χ0) is 13.0. The highest BCUT2D eigenvalue weighted by atomic mass is 19.4. The Morgan fingerprint density at radius 2 is 2.11 bits per heavy atom. The van der Waals surface area contributed by atoms with Gasteiger partial charge in [-0.1, -0.05) is 12.1 Å². The second-order valence-electron chi connectivity index (χ2n) is 4.45. The smallest absolute Gasteiger partial charge is 0.491 e. The molecule has 0 aromatic heterocycles. The molecule has 1 heterocycles. The third kappa shape index (κ3) is 3.66. The highest BCUT2D eigenvalue weighted by Gasteiger charge is 2.25. The minimum Gasteiger partial charge on any atom is -0.491 e. The molecule has 0 amide bonds. The van der Waals surface area contributed by atoms with Gasteiger partial charge in [0, 0.05) is 6.61 Å². The van der Waals surface area contributed by atoms with E-state index in [0.717, 1.165) is 31.4 Å². The van der Waals surface area contributed by atoms with E-state index >= 15 is 0 Å². The van der Waals surface area contributed by atoms with Crippen molar-refractivity contribution < 1.29 is 22.4 Å². The highest BCUT2D eigenvalue weighted by Crippen LogP contribution is 2.17. The number of hydrogen-bond donors (Lipinski definition) is 0. The lowest BCUT2D eigenvalue weighted by atomic mass is 9.80. The van der Waals surface area contributed by atoms with Crippen LogP contribution in [0.2, 0.25) is 0 Å². The summed E-state index contributed by atoms with van der Waals surface area (Å²) in [7, 11) is 0. The molecule has 1 unspecified atom stereocenters. The lowest BCUT2D eigenvalue weighted by Crippen LogP contribution is -2.34. The van der Waals surface area contributed by atoms with Crippen LogP contribution in [0.15, 0.2) is 24.3 Å². The summed E-state index contributed by atoms with van der Waals surface area (Å²) >= 11 is 0. The van der Waals surface area contributed by atoms with Crippen LogP contribution >= 0.6 is 0 Å². The van der Waals surface area contributed by atoms with E-state index in [-0.39, 0.29) is 11.9 Å². The second-order valence-corrected chi connectivity index (χ2v) is 4.45. The molecule has 0 radical (unpaired) electrons. The van der Waals surface area contributed by atoms with E-state index in [1.54, 1.807) is 0 Å². The molecule has 1 saturated heterocycles. The summed E-state index contributed by atoms with van der Waals surface area (Å²) < 4.78 is 48.5. The van der Waals surface area contributed by atoms with Crippen LogP contribution in [-0.2, 0) is 4.74 Å². The van der Waals surface area contributed by atoms with Gasteiger partial charge in [-0.05, 0) is 31.4 Å². The maximum Gasteiger partial charge on any atom is 0.509 e. The van der Waals surface area contributed by atoms with E-state index in [1.165, 1.54) is 12.1 Å². The number of benzene rings is 1. The predicted molar refractivity (Wildman–Crippen MR) is 64.2 cm³/mol. The summed E-state index contributed by atoms with van der Waals surface area (Å²) in [5, 5.41) is 0. The van der Waals surface area contributed by atoms with Gasteiger partial charge in [0.2, 0.25) is 0 Å². The normalized spacial score (nSPS) is 20.7. The lowest BCUT2D eigenvalue weighted by molar-refractivity contribution is -0.0110. The molecule has 0 saturated carbocycles. The van der Waals surface area contributed by atoms with Crippen LogP contribution in [0.3, 0.4) is 0 Å². The van der Waals surface area contributed by atoms with Crippen LogP contribution in [-0.4, -0.2) is 26.3 Å². The first kappa shape index (κ1) is 13.3. The second kappa shape index (κ2) is 5.65. The maximum absolute atomic E-state index is 12.5. The fraction of sp³-hybridized carbons (Fsp3) is 0.500. The maximum atomic E-state index is 12.5. The Hall–Kier alpha value is -1.17. The van der Waals surface area contributed by atoms with Gasteiger partial charge in [0.25, 0.3) is 0 Å². The van der Waals surface area contributed by atoms with Crippen molar-refractivity contribution in [3.63, 3.8) is 0 Å². The van der Waals surface area contributed by atoms with E-state index in [0.29, 0.717) is 13.2 Å². The molecule has 6 heteroatoms. The molecule has 18 heavy (non-hydrogen) atoms. The minimum absolute atomic E-state index is 0.00111. The molecule has 1 atom stereocenters. The van der Waals surface area contributed by atoms with Gasteiger partial charge in [-0.15, -0.1) is 5.46 Å². The van der Waals surface area contributed by atoms with Gasteiger partial charge in [0.1, 0.15) is 12.4 Å². The van der Waals surface area contributed by atoms with Gasteiger partial charge in [-0.3, -0.25) is 0 Å². The number of rotatable bonds is 4. The van der Waals surface area contributed by atoms with Crippen molar-refractivity contribution in [2.75, 3.05) is 13.2 Å². The molecular formula is C12H15BF3O2-. The summed E-state index contributed by atoms with van der Waals surface area (Å²) in [5.41, 5.74) is -0.628. The van der Waals surface area contributed by atoms with Gasteiger partial charge in [0.15, 0.2) is 0 Å². The van der Waals surface area contributed by atoms with E-state index in [2.05, 4.69) is 0 Å². The third-order valence-corrected chi connectivity index (χ3v) is 2.95. The quantitative estimate of drug-likeness (QED) is 0.774. The van der Waals surface area contributed by atoms with E-state index in [1.807, 2.05) is 0 Å². The first-order chi connectivity index (χ1) is 8.55. The predicted octanol–water partition coefficient (Wildman–Crippen LogP) is 2.69. The van der Waals surface area contributed by atoms with Gasteiger partial charge < -0.3 is 22.4 Å². The number of halogens is 3. The van der Waals surface area contributed by atoms with Crippen molar-refractivity contribution in [3.8, 4) is 5.75 Å². The molecule has 0 N–H and O–H groups in total. The minimum atomic E-state index is -4.97. The molecular weight excluding hydrogens is 244 g/mol. The molecule has 2 rings (SSSR count). The third-order valence-electron chi connectivity index (χ3n) is 2.95. The first-order valence-corrected chi connectivity index (χ1v) is 6.10. The van der Waals surface area contributed by atoms with E-state index in [4.69, 9.17) is 9.47 Å². The van der Waals surface area contributed by atoms with Crippen molar-refractivity contribution in [1.82, 2.24) is 0 Å². The summed E-state index contributed by atoms with van der Waals surface area (Å²) in [6, 6.07) is 5.00. The molecule has 0 aliphatic carbocycles. The monoisotopic (exact) mass is 259 g/mol. The number of hydrogen-bond acceptors (Lipinski definition) is 2. The molecule has 0 bridgehead atoms. The summed E-state index contributed by atoms with van der Waals surface area (Å²) in [5.74, 6) is 0.251. The Balaban J connectivity index is 1.92. The summed E-state index contributed by atoms with van der Waals surface area (Å²) in [6.07, 6.45) is 3.03. The average molecular weight is 259 g/mol. The van der Waals surface area contributed by atoms with Crippen molar-refractivity contribution in [3.05, 3.63) is 24.3 Å². The molecule has 2 nitrogen and oxygen atoms in total. The van der Waals surface area contributed by atoms with Crippen LogP contribution < -0.4 is 10.2 Å². The molecule has 1 aliphatic heterocycles. The molecule has 0 spiro atoms. The fourth-order valence-corrected chi connectivity index (χ4v) is 1.94. The Morgan fingerprint density at radius 3 is 2.78 bits per heavy atom. The Bertz CT molecular complexity index is 389. The zero-order valence-corrected chi connectivity index (χ0v) is 9.95. The van der Waals surface area contributed by atoms with Gasteiger partial charge >= 0.3 is 6.98 Å². The first-order valence-electron chi connectivity index (χ1n) is 6.10.